The number of aromatic nitrogens is 4. The van der Waals surface area contributed by atoms with Gasteiger partial charge in [0.05, 0.1) is 12.2 Å². The predicted octanol–water partition coefficient (Wildman–Crippen LogP) is 3.63. The number of hydrogen-bond donors (Lipinski definition) is 1. The van der Waals surface area contributed by atoms with Gasteiger partial charge in [-0.05, 0) is 19.8 Å². The quantitative estimate of drug-likeness (QED) is 0.858. The first-order valence-electron chi connectivity index (χ1n) is 6.60. The van der Waals surface area contributed by atoms with Crippen LogP contribution in [0.15, 0.2) is 6.20 Å². The lowest BCUT2D eigenvalue weighted by atomic mass is 10.1. The molecule has 0 aliphatic carbocycles. The lowest BCUT2D eigenvalue weighted by Crippen LogP contribution is -2.07. The lowest BCUT2D eigenvalue weighted by molar-refractivity contribution is 0.465. The van der Waals surface area contributed by atoms with Crippen molar-refractivity contribution in [1.29, 1.82) is 0 Å². The SMILES string of the molecule is CCCC(C)n1ncc2[nH]c(C(C)CC)nc21. The molecule has 2 aromatic heterocycles. The Hall–Kier alpha value is -1.32. The van der Waals surface area contributed by atoms with Gasteiger partial charge in [0.15, 0.2) is 5.65 Å². The topological polar surface area (TPSA) is 46.5 Å². The summed E-state index contributed by atoms with van der Waals surface area (Å²) >= 11 is 0. The highest BCUT2D eigenvalue weighted by molar-refractivity contribution is 5.70. The van der Waals surface area contributed by atoms with Gasteiger partial charge in [-0.2, -0.15) is 5.10 Å². The van der Waals surface area contributed by atoms with Gasteiger partial charge in [-0.25, -0.2) is 9.67 Å². The van der Waals surface area contributed by atoms with Gasteiger partial charge < -0.3 is 4.98 Å². The summed E-state index contributed by atoms with van der Waals surface area (Å²) in [5, 5.41) is 4.42. The largest absolute Gasteiger partial charge is 0.339 e. The first kappa shape index (κ1) is 12.1. The number of fused-ring (bicyclic) bond motifs is 1. The van der Waals surface area contributed by atoms with Crippen molar-refractivity contribution >= 4 is 11.2 Å². The van der Waals surface area contributed by atoms with Crippen molar-refractivity contribution in [2.75, 3.05) is 0 Å². The Kier molecular flexibility index (Phi) is 3.50. The number of aromatic amines is 1. The van der Waals surface area contributed by atoms with E-state index < -0.39 is 0 Å². The van der Waals surface area contributed by atoms with E-state index in [2.05, 4.69) is 37.8 Å². The summed E-state index contributed by atoms with van der Waals surface area (Å²) in [6.07, 6.45) is 5.31. The van der Waals surface area contributed by atoms with E-state index in [0.717, 1.165) is 29.8 Å². The van der Waals surface area contributed by atoms with Crippen LogP contribution >= 0.6 is 0 Å². The van der Waals surface area contributed by atoms with E-state index in [4.69, 9.17) is 4.98 Å². The fraction of sp³-hybridized carbons (Fsp3) is 0.692. The van der Waals surface area contributed by atoms with Crippen molar-refractivity contribution < 1.29 is 0 Å². The van der Waals surface area contributed by atoms with E-state index in [-0.39, 0.29) is 0 Å². The maximum Gasteiger partial charge on any atom is 0.176 e. The summed E-state index contributed by atoms with van der Waals surface area (Å²) in [5.74, 6) is 1.56. The molecule has 2 heterocycles. The molecule has 2 unspecified atom stereocenters. The van der Waals surface area contributed by atoms with E-state index in [9.17, 15) is 0 Å². The van der Waals surface area contributed by atoms with Crippen LogP contribution in [0.5, 0.6) is 0 Å². The second-order valence-electron chi connectivity index (χ2n) is 4.90. The average Bonchev–Trinajstić information content (AvgIpc) is 2.87. The fourth-order valence-corrected chi connectivity index (χ4v) is 2.12. The van der Waals surface area contributed by atoms with Crippen LogP contribution in [-0.4, -0.2) is 19.7 Å². The molecule has 0 aromatic carbocycles. The molecule has 94 valence electrons. The van der Waals surface area contributed by atoms with Gasteiger partial charge in [-0.3, -0.25) is 0 Å². The molecule has 2 atom stereocenters. The molecule has 0 fully saturated rings. The first-order chi connectivity index (χ1) is 8.17. The minimum Gasteiger partial charge on any atom is -0.339 e. The van der Waals surface area contributed by atoms with Crippen LogP contribution in [0.3, 0.4) is 0 Å². The van der Waals surface area contributed by atoms with Crippen LogP contribution in [-0.2, 0) is 0 Å². The number of H-pyrrole nitrogens is 1. The minimum absolute atomic E-state index is 0.422. The normalized spacial score (nSPS) is 15.3. The van der Waals surface area contributed by atoms with Gasteiger partial charge >= 0.3 is 0 Å². The van der Waals surface area contributed by atoms with Gasteiger partial charge in [-0.1, -0.05) is 27.2 Å². The lowest BCUT2D eigenvalue weighted by Gasteiger charge is -2.10. The molecule has 2 rings (SSSR count). The molecule has 0 bridgehead atoms. The van der Waals surface area contributed by atoms with Crippen molar-refractivity contribution in [3.63, 3.8) is 0 Å². The number of hydrogen-bond acceptors (Lipinski definition) is 2. The van der Waals surface area contributed by atoms with Crippen molar-refractivity contribution in [2.24, 2.45) is 0 Å². The maximum absolute atomic E-state index is 4.69. The van der Waals surface area contributed by atoms with Crippen molar-refractivity contribution in [3.05, 3.63) is 12.0 Å². The van der Waals surface area contributed by atoms with Crippen LogP contribution in [0.25, 0.3) is 11.2 Å². The van der Waals surface area contributed by atoms with Crippen LogP contribution in [0.4, 0.5) is 0 Å². The molecule has 0 amide bonds. The highest BCUT2D eigenvalue weighted by atomic mass is 15.3. The van der Waals surface area contributed by atoms with Crippen LogP contribution < -0.4 is 0 Å². The summed E-state index contributed by atoms with van der Waals surface area (Å²) < 4.78 is 2.04. The summed E-state index contributed by atoms with van der Waals surface area (Å²) in [6.45, 7) is 8.79. The summed E-state index contributed by atoms with van der Waals surface area (Å²) in [4.78, 5) is 8.06. The van der Waals surface area contributed by atoms with E-state index in [1.54, 1.807) is 0 Å². The average molecular weight is 234 g/mol. The molecule has 2 aromatic rings. The zero-order chi connectivity index (χ0) is 12.4. The van der Waals surface area contributed by atoms with Crippen molar-refractivity contribution in [2.45, 2.75) is 58.9 Å². The highest BCUT2D eigenvalue weighted by Gasteiger charge is 2.15. The fourth-order valence-electron chi connectivity index (χ4n) is 2.12. The predicted molar refractivity (Wildman–Crippen MR) is 70.2 cm³/mol. The Balaban J connectivity index is 2.35. The van der Waals surface area contributed by atoms with Gasteiger partial charge in [0, 0.05) is 5.92 Å². The minimum atomic E-state index is 0.422. The molecule has 0 spiro atoms. The zero-order valence-corrected chi connectivity index (χ0v) is 11.2. The molecular formula is C13H22N4. The second kappa shape index (κ2) is 4.90. The number of nitrogens with zero attached hydrogens (tertiary/aromatic N) is 3. The molecular weight excluding hydrogens is 212 g/mol. The summed E-state index contributed by atoms with van der Waals surface area (Å²) in [7, 11) is 0. The van der Waals surface area contributed by atoms with E-state index in [1.165, 1.54) is 6.42 Å². The molecule has 0 radical (unpaired) electrons. The molecule has 0 saturated heterocycles. The summed E-state index contributed by atoms with van der Waals surface area (Å²) in [6, 6.07) is 0.422. The van der Waals surface area contributed by atoms with Gasteiger partial charge in [0.2, 0.25) is 0 Å². The third kappa shape index (κ3) is 2.21. The van der Waals surface area contributed by atoms with Crippen molar-refractivity contribution in [1.82, 2.24) is 19.7 Å². The van der Waals surface area contributed by atoms with Gasteiger partial charge in [-0.15, -0.1) is 0 Å². The Morgan fingerprint density at radius 2 is 2.12 bits per heavy atom. The van der Waals surface area contributed by atoms with Crippen LogP contribution in [0.1, 0.15) is 64.7 Å². The Morgan fingerprint density at radius 3 is 2.76 bits per heavy atom. The van der Waals surface area contributed by atoms with Gasteiger partial charge in [0.1, 0.15) is 11.3 Å². The van der Waals surface area contributed by atoms with Crippen LogP contribution in [0, 0.1) is 0 Å². The zero-order valence-electron chi connectivity index (χ0n) is 11.2. The molecule has 17 heavy (non-hydrogen) atoms. The van der Waals surface area contributed by atoms with E-state index in [1.807, 2.05) is 10.9 Å². The molecule has 0 aliphatic heterocycles. The van der Waals surface area contributed by atoms with Gasteiger partial charge in [0.25, 0.3) is 0 Å². The number of rotatable bonds is 5. The molecule has 0 aliphatic rings. The Morgan fingerprint density at radius 1 is 1.35 bits per heavy atom. The van der Waals surface area contributed by atoms with Crippen molar-refractivity contribution in [3.8, 4) is 0 Å². The highest BCUT2D eigenvalue weighted by Crippen LogP contribution is 2.22. The standard InChI is InChI=1S/C13H22N4/c1-5-7-10(4)17-13-11(8-14-17)15-12(16-13)9(3)6-2/h8-10H,5-7H2,1-4H3,(H,15,16). The number of nitrogens with one attached hydrogen (secondary N) is 1. The Bertz CT molecular complexity index is 483. The monoisotopic (exact) mass is 234 g/mol. The second-order valence-corrected chi connectivity index (χ2v) is 4.90. The van der Waals surface area contributed by atoms with E-state index in [0.29, 0.717) is 12.0 Å². The Labute approximate surface area is 102 Å². The van der Waals surface area contributed by atoms with Crippen LogP contribution in [0.2, 0.25) is 0 Å². The molecule has 4 nitrogen and oxygen atoms in total. The molecule has 4 heteroatoms. The summed E-state index contributed by atoms with van der Waals surface area (Å²) in [5.41, 5.74) is 2.06. The number of imidazole rings is 1. The molecule has 1 N–H and O–H groups in total. The smallest absolute Gasteiger partial charge is 0.176 e. The first-order valence-corrected chi connectivity index (χ1v) is 6.60. The van der Waals surface area contributed by atoms with E-state index >= 15 is 0 Å². The third-order valence-corrected chi connectivity index (χ3v) is 3.46. The third-order valence-electron chi connectivity index (χ3n) is 3.46. The molecule has 0 saturated carbocycles. The maximum atomic E-state index is 4.69.